The molecule has 1 aliphatic rings. The predicted octanol–water partition coefficient (Wildman–Crippen LogP) is 4.56. The van der Waals surface area contributed by atoms with Gasteiger partial charge in [-0.25, -0.2) is 0 Å². The predicted molar refractivity (Wildman–Crippen MR) is 93.1 cm³/mol. The van der Waals surface area contributed by atoms with E-state index in [-0.39, 0.29) is 0 Å². The number of hydrogen-bond donors (Lipinski definition) is 1. The van der Waals surface area contributed by atoms with Gasteiger partial charge in [0.15, 0.2) is 0 Å². The third-order valence-corrected chi connectivity index (χ3v) is 4.90. The van der Waals surface area contributed by atoms with Crippen LogP contribution in [-0.2, 0) is 6.54 Å². The Morgan fingerprint density at radius 3 is 2.86 bits per heavy atom. The molecule has 0 saturated carbocycles. The summed E-state index contributed by atoms with van der Waals surface area (Å²) in [5.74, 6) is 0.525. The van der Waals surface area contributed by atoms with Crippen LogP contribution in [-0.4, -0.2) is 13.1 Å². The van der Waals surface area contributed by atoms with E-state index in [0.717, 1.165) is 41.1 Å². The first-order valence-electron chi connectivity index (χ1n) is 7.17. The van der Waals surface area contributed by atoms with Gasteiger partial charge in [-0.2, -0.15) is 0 Å². The van der Waals surface area contributed by atoms with Gasteiger partial charge < -0.3 is 10.6 Å². The molecule has 3 rings (SSSR count). The van der Waals surface area contributed by atoms with Gasteiger partial charge in [-0.3, -0.25) is 0 Å². The van der Waals surface area contributed by atoms with E-state index in [1.807, 2.05) is 12.1 Å². The van der Waals surface area contributed by atoms with Crippen LogP contribution in [0.15, 0.2) is 46.9 Å². The maximum Gasteiger partial charge on any atom is 0.0456 e. The quantitative estimate of drug-likeness (QED) is 0.861. The highest BCUT2D eigenvalue weighted by molar-refractivity contribution is 9.10. The van der Waals surface area contributed by atoms with Crippen LogP contribution < -0.4 is 10.6 Å². The summed E-state index contributed by atoms with van der Waals surface area (Å²) >= 11 is 9.85. The highest BCUT2D eigenvalue weighted by atomic mass is 79.9. The van der Waals surface area contributed by atoms with Gasteiger partial charge in [0.1, 0.15) is 0 Å². The van der Waals surface area contributed by atoms with Crippen LogP contribution in [0, 0.1) is 0 Å². The van der Waals surface area contributed by atoms with Gasteiger partial charge in [0.05, 0.1) is 0 Å². The maximum absolute atomic E-state index is 6.33. The number of nitrogens with two attached hydrogens (primary N) is 1. The van der Waals surface area contributed by atoms with Crippen molar-refractivity contribution in [2.24, 2.45) is 5.73 Å². The van der Waals surface area contributed by atoms with E-state index in [2.05, 4.69) is 51.2 Å². The molecule has 0 aliphatic carbocycles. The van der Waals surface area contributed by atoms with Crippen molar-refractivity contribution >= 4 is 33.2 Å². The van der Waals surface area contributed by atoms with Crippen LogP contribution in [0.4, 0.5) is 5.69 Å². The number of anilines is 1. The molecule has 0 radical (unpaired) electrons. The van der Waals surface area contributed by atoms with Crippen LogP contribution in [0.5, 0.6) is 0 Å². The van der Waals surface area contributed by atoms with E-state index < -0.39 is 0 Å². The molecule has 1 atom stereocenters. The molecule has 2 aromatic carbocycles. The highest BCUT2D eigenvalue weighted by Crippen LogP contribution is 2.39. The van der Waals surface area contributed by atoms with Crippen LogP contribution in [0.2, 0.25) is 5.02 Å². The second kappa shape index (κ2) is 6.39. The minimum atomic E-state index is 0.525. The molecule has 2 N–H and O–H groups in total. The highest BCUT2D eigenvalue weighted by Gasteiger charge is 2.27. The lowest BCUT2D eigenvalue weighted by molar-refractivity contribution is 0.644. The van der Waals surface area contributed by atoms with Crippen LogP contribution >= 0.6 is 27.5 Å². The topological polar surface area (TPSA) is 29.3 Å². The average Bonchev–Trinajstić information content (AvgIpc) is 2.82. The van der Waals surface area contributed by atoms with Crippen molar-refractivity contribution in [2.75, 3.05) is 18.0 Å². The molecular weight excluding hydrogens is 348 g/mol. The van der Waals surface area contributed by atoms with Crippen molar-refractivity contribution in [1.82, 2.24) is 0 Å². The summed E-state index contributed by atoms with van der Waals surface area (Å²) in [7, 11) is 0. The van der Waals surface area contributed by atoms with Gasteiger partial charge in [-0.1, -0.05) is 45.7 Å². The lowest BCUT2D eigenvalue weighted by atomic mass is 9.98. The lowest BCUT2D eigenvalue weighted by Crippen LogP contribution is -2.22. The first-order chi connectivity index (χ1) is 10.2. The second-order valence-electron chi connectivity index (χ2n) is 5.45. The number of benzene rings is 2. The molecule has 0 saturated heterocycles. The molecule has 4 heteroatoms. The third kappa shape index (κ3) is 3.10. The van der Waals surface area contributed by atoms with Gasteiger partial charge in [0.25, 0.3) is 0 Å². The fraction of sp³-hybridized carbons (Fsp3) is 0.294. The number of para-hydroxylation sites is 1. The maximum atomic E-state index is 6.33. The number of nitrogens with zero attached hydrogens (tertiary/aromatic N) is 1. The van der Waals surface area contributed by atoms with Crippen molar-refractivity contribution in [3.63, 3.8) is 0 Å². The molecule has 2 aromatic rings. The van der Waals surface area contributed by atoms with Gasteiger partial charge >= 0.3 is 0 Å². The van der Waals surface area contributed by atoms with Gasteiger partial charge in [-0.05, 0) is 48.4 Å². The molecule has 0 spiro atoms. The molecule has 1 aliphatic heterocycles. The summed E-state index contributed by atoms with van der Waals surface area (Å²) in [6.07, 6.45) is 1.03. The summed E-state index contributed by atoms with van der Waals surface area (Å²) in [6, 6.07) is 14.6. The van der Waals surface area contributed by atoms with E-state index >= 15 is 0 Å². The molecule has 21 heavy (non-hydrogen) atoms. The first-order valence-corrected chi connectivity index (χ1v) is 8.34. The molecule has 110 valence electrons. The average molecular weight is 366 g/mol. The number of fused-ring (bicyclic) bond motifs is 1. The molecule has 1 unspecified atom stereocenters. The standard InChI is InChI=1S/C17H18BrClN2/c18-14-5-6-16(19)13(9-14)11-21-10-12(7-8-20)15-3-1-2-4-17(15)21/h1-6,9,12H,7-8,10-11,20H2. The minimum absolute atomic E-state index is 0.525. The Kier molecular flexibility index (Phi) is 4.53. The SMILES string of the molecule is NCCC1CN(Cc2cc(Br)ccc2Cl)c2ccccc21. The van der Waals surface area contributed by atoms with Gasteiger partial charge in [-0.15, -0.1) is 0 Å². The molecule has 0 bridgehead atoms. The largest absolute Gasteiger partial charge is 0.366 e. The summed E-state index contributed by atoms with van der Waals surface area (Å²) in [5.41, 5.74) is 9.63. The minimum Gasteiger partial charge on any atom is -0.366 e. The Morgan fingerprint density at radius 2 is 2.05 bits per heavy atom. The number of rotatable bonds is 4. The van der Waals surface area contributed by atoms with Crippen molar-refractivity contribution in [3.8, 4) is 0 Å². The van der Waals surface area contributed by atoms with E-state index in [1.54, 1.807) is 0 Å². The molecular formula is C17H18BrClN2. The molecule has 0 aromatic heterocycles. The Labute approximate surface area is 139 Å². The van der Waals surface area contributed by atoms with Crippen LogP contribution in [0.25, 0.3) is 0 Å². The summed E-state index contributed by atoms with van der Waals surface area (Å²) in [4.78, 5) is 2.41. The van der Waals surface area contributed by atoms with Crippen molar-refractivity contribution in [3.05, 3.63) is 63.1 Å². The summed E-state index contributed by atoms with van der Waals surface area (Å²) in [6.45, 7) is 2.57. The van der Waals surface area contributed by atoms with E-state index in [1.165, 1.54) is 11.3 Å². The fourth-order valence-corrected chi connectivity index (χ4v) is 3.64. The molecule has 1 heterocycles. The Morgan fingerprint density at radius 1 is 1.24 bits per heavy atom. The van der Waals surface area contributed by atoms with Crippen LogP contribution in [0.3, 0.4) is 0 Å². The lowest BCUT2D eigenvalue weighted by Gasteiger charge is -2.21. The fourth-order valence-electron chi connectivity index (χ4n) is 3.05. The van der Waals surface area contributed by atoms with Gasteiger partial charge in [0.2, 0.25) is 0 Å². The number of halogens is 2. The third-order valence-electron chi connectivity index (χ3n) is 4.04. The zero-order chi connectivity index (χ0) is 14.8. The summed E-state index contributed by atoms with van der Waals surface area (Å²) in [5, 5.41) is 0.818. The monoisotopic (exact) mass is 364 g/mol. The number of hydrogen-bond acceptors (Lipinski definition) is 2. The molecule has 0 amide bonds. The molecule has 0 fully saturated rings. The first kappa shape index (κ1) is 14.9. The van der Waals surface area contributed by atoms with Crippen LogP contribution in [0.1, 0.15) is 23.5 Å². The van der Waals surface area contributed by atoms with Crippen molar-refractivity contribution in [2.45, 2.75) is 18.9 Å². The van der Waals surface area contributed by atoms with E-state index in [0.29, 0.717) is 5.92 Å². The Bertz CT molecular complexity index is 644. The Balaban J connectivity index is 1.88. The van der Waals surface area contributed by atoms with Crippen molar-refractivity contribution in [1.29, 1.82) is 0 Å². The van der Waals surface area contributed by atoms with Crippen molar-refractivity contribution < 1.29 is 0 Å². The van der Waals surface area contributed by atoms with Gasteiger partial charge in [0, 0.05) is 34.2 Å². The summed E-state index contributed by atoms with van der Waals surface area (Å²) < 4.78 is 1.06. The zero-order valence-corrected chi connectivity index (χ0v) is 14.1. The second-order valence-corrected chi connectivity index (χ2v) is 6.77. The zero-order valence-electron chi connectivity index (χ0n) is 11.7. The normalized spacial score (nSPS) is 17.1. The van der Waals surface area contributed by atoms with E-state index in [9.17, 15) is 0 Å². The Hall–Kier alpha value is -1.03. The van der Waals surface area contributed by atoms with E-state index in [4.69, 9.17) is 17.3 Å². The smallest absolute Gasteiger partial charge is 0.0456 e. The molecule has 2 nitrogen and oxygen atoms in total.